The number of amides is 1. The van der Waals surface area contributed by atoms with Gasteiger partial charge in [-0.3, -0.25) is 20.2 Å². The highest BCUT2D eigenvalue weighted by Gasteiger charge is 2.09. The van der Waals surface area contributed by atoms with E-state index >= 15 is 0 Å². The van der Waals surface area contributed by atoms with E-state index in [0.717, 1.165) is 5.56 Å². The van der Waals surface area contributed by atoms with Gasteiger partial charge in [-0.1, -0.05) is 17.2 Å². The number of benzene rings is 2. The summed E-state index contributed by atoms with van der Waals surface area (Å²) in [5.74, 6) is -0.557. The van der Waals surface area contributed by atoms with E-state index in [1.54, 1.807) is 12.1 Å². The van der Waals surface area contributed by atoms with Gasteiger partial charge in [0.05, 0.1) is 11.3 Å². The second-order valence-electron chi connectivity index (χ2n) is 5.48. The standard InChI is InChI=1S/C18H13FN4O4/c19-14-6-1-13(2-7-14)11-17-21-22-18(27-17)20-16(24)10-5-12-3-8-15(9-4-12)23(25)26/h1-10H,11H2,(H,20,22,24)/b10-5-. The fraction of sp³-hybridized carbons (Fsp3) is 0.0556. The molecule has 0 aliphatic rings. The van der Waals surface area contributed by atoms with Gasteiger partial charge in [0.25, 0.3) is 11.6 Å². The van der Waals surface area contributed by atoms with Crippen molar-refractivity contribution in [3.63, 3.8) is 0 Å². The van der Waals surface area contributed by atoms with Gasteiger partial charge in [0, 0.05) is 18.2 Å². The van der Waals surface area contributed by atoms with E-state index in [4.69, 9.17) is 4.42 Å². The monoisotopic (exact) mass is 368 g/mol. The number of nitro groups is 1. The van der Waals surface area contributed by atoms with Crippen LogP contribution in [0.25, 0.3) is 6.08 Å². The topological polar surface area (TPSA) is 111 Å². The first-order valence-corrected chi connectivity index (χ1v) is 7.80. The van der Waals surface area contributed by atoms with Gasteiger partial charge < -0.3 is 4.42 Å². The number of carbonyl (C=O) groups is 1. The fourth-order valence-electron chi connectivity index (χ4n) is 2.18. The van der Waals surface area contributed by atoms with Gasteiger partial charge in [0.2, 0.25) is 5.89 Å². The molecule has 3 rings (SSSR count). The normalized spacial score (nSPS) is 10.9. The molecule has 1 heterocycles. The Morgan fingerprint density at radius 1 is 1.15 bits per heavy atom. The van der Waals surface area contributed by atoms with Crippen LogP contribution in [0.1, 0.15) is 17.0 Å². The first-order valence-electron chi connectivity index (χ1n) is 7.80. The maximum absolute atomic E-state index is 12.9. The molecule has 0 aliphatic carbocycles. The summed E-state index contributed by atoms with van der Waals surface area (Å²) in [4.78, 5) is 22.0. The van der Waals surface area contributed by atoms with E-state index in [1.165, 1.54) is 48.6 Å². The fourth-order valence-corrected chi connectivity index (χ4v) is 2.18. The number of hydrogen-bond donors (Lipinski definition) is 1. The Bertz CT molecular complexity index is 981. The van der Waals surface area contributed by atoms with Gasteiger partial charge in [-0.25, -0.2) is 4.39 Å². The molecular weight excluding hydrogens is 355 g/mol. The lowest BCUT2D eigenvalue weighted by Gasteiger charge is -1.97. The van der Waals surface area contributed by atoms with Gasteiger partial charge in [0.1, 0.15) is 5.82 Å². The first-order chi connectivity index (χ1) is 13.0. The average molecular weight is 368 g/mol. The lowest BCUT2D eigenvalue weighted by Crippen LogP contribution is -2.07. The molecule has 0 radical (unpaired) electrons. The number of nitrogens with zero attached hydrogens (tertiary/aromatic N) is 3. The summed E-state index contributed by atoms with van der Waals surface area (Å²) in [5, 5.41) is 20.6. The van der Waals surface area contributed by atoms with Crippen molar-refractivity contribution in [1.29, 1.82) is 0 Å². The van der Waals surface area contributed by atoms with Crippen LogP contribution in [0.2, 0.25) is 0 Å². The van der Waals surface area contributed by atoms with Gasteiger partial charge in [0.15, 0.2) is 0 Å². The molecule has 0 bridgehead atoms. The summed E-state index contributed by atoms with van der Waals surface area (Å²) in [6, 6.07) is 11.5. The highest BCUT2D eigenvalue weighted by atomic mass is 19.1. The Morgan fingerprint density at radius 3 is 2.52 bits per heavy atom. The minimum atomic E-state index is -0.501. The summed E-state index contributed by atoms with van der Waals surface area (Å²) in [6.45, 7) is 0. The number of aromatic nitrogens is 2. The summed E-state index contributed by atoms with van der Waals surface area (Å²) < 4.78 is 18.2. The van der Waals surface area contributed by atoms with E-state index in [-0.39, 0.29) is 23.4 Å². The van der Waals surface area contributed by atoms with Gasteiger partial charge >= 0.3 is 6.01 Å². The predicted molar refractivity (Wildman–Crippen MR) is 94.3 cm³/mol. The molecule has 0 unspecified atom stereocenters. The molecule has 0 atom stereocenters. The minimum absolute atomic E-state index is 0.0313. The third-order valence-electron chi connectivity index (χ3n) is 3.50. The molecule has 0 spiro atoms. The molecule has 1 N–H and O–H groups in total. The number of nitro benzene ring substituents is 1. The smallest absolute Gasteiger partial charge is 0.322 e. The van der Waals surface area contributed by atoms with Crippen LogP contribution in [0.4, 0.5) is 16.1 Å². The Kier molecular flexibility index (Phi) is 5.31. The SMILES string of the molecule is O=C(/C=C\c1ccc([N+](=O)[O-])cc1)Nc1nnc(Cc2ccc(F)cc2)o1. The highest BCUT2D eigenvalue weighted by Crippen LogP contribution is 2.14. The number of rotatable bonds is 6. The van der Waals surface area contributed by atoms with Crippen LogP contribution in [0.3, 0.4) is 0 Å². The Balaban J connectivity index is 1.57. The number of hydrogen-bond acceptors (Lipinski definition) is 6. The summed E-state index contributed by atoms with van der Waals surface area (Å²) in [7, 11) is 0. The highest BCUT2D eigenvalue weighted by molar-refractivity contribution is 6.00. The van der Waals surface area contributed by atoms with Crippen molar-refractivity contribution in [2.24, 2.45) is 0 Å². The van der Waals surface area contributed by atoms with E-state index in [0.29, 0.717) is 12.0 Å². The second-order valence-corrected chi connectivity index (χ2v) is 5.48. The maximum Gasteiger partial charge on any atom is 0.322 e. The Labute approximate surface area is 152 Å². The van der Waals surface area contributed by atoms with E-state index in [9.17, 15) is 19.3 Å². The minimum Gasteiger partial charge on any atom is -0.407 e. The molecule has 0 fully saturated rings. The summed E-state index contributed by atoms with van der Waals surface area (Å²) in [6.07, 6.45) is 3.04. The van der Waals surface area contributed by atoms with Crippen LogP contribution in [-0.4, -0.2) is 21.0 Å². The molecule has 0 saturated carbocycles. The number of non-ortho nitro benzene ring substituents is 1. The van der Waals surface area contributed by atoms with Crippen LogP contribution in [0, 0.1) is 15.9 Å². The Morgan fingerprint density at radius 2 is 1.85 bits per heavy atom. The summed E-state index contributed by atoms with van der Waals surface area (Å²) in [5.41, 5.74) is 1.38. The molecule has 3 aromatic rings. The molecule has 1 amide bonds. The molecule has 9 heteroatoms. The van der Waals surface area contributed by atoms with Crippen LogP contribution >= 0.6 is 0 Å². The van der Waals surface area contributed by atoms with Crippen molar-refractivity contribution >= 4 is 23.7 Å². The number of carbonyl (C=O) groups excluding carboxylic acids is 1. The van der Waals surface area contributed by atoms with E-state index in [1.807, 2.05) is 0 Å². The van der Waals surface area contributed by atoms with E-state index in [2.05, 4.69) is 15.5 Å². The van der Waals surface area contributed by atoms with Crippen LogP contribution in [-0.2, 0) is 11.2 Å². The molecular formula is C18H13FN4O4. The molecule has 8 nitrogen and oxygen atoms in total. The summed E-state index contributed by atoms with van der Waals surface area (Å²) >= 11 is 0. The average Bonchev–Trinajstić information content (AvgIpc) is 3.09. The van der Waals surface area contributed by atoms with Gasteiger partial charge in [-0.15, -0.1) is 5.10 Å². The second kappa shape index (κ2) is 8.00. The van der Waals surface area contributed by atoms with Crippen molar-refractivity contribution in [3.8, 4) is 0 Å². The lowest BCUT2D eigenvalue weighted by atomic mass is 10.1. The number of halogens is 1. The first kappa shape index (κ1) is 17.9. The number of anilines is 1. The van der Waals surface area contributed by atoms with E-state index < -0.39 is 10.8 Å². The zero-order chi connectivity index (χ0) is 19.2. The predicted octanol–water partition coefficient (Wildman–Crippen LogP) is 3.36. The van der Waals surface area contributed by atoms with Crippen LogP contribution < -0.4 is 5.32 Å². The van der Waals surface area contributed by atoms with Crippen molar-refractivity contribution in [2.45, 2.75) is 6.42 Å². The van der Waals surface area contributed by atoms with Crippen molar-refractivity contribution in [3.05, 3.63) is 87.6 Å². The largest absolute Gasteiger partial charge is 0.407 e. The van der Waals surface area contributed by atoms with Crippen molar-refractivity contribution in [1.82, 2.24) is 10.2 Å². The zero-order valence-corrected chi connectivity index (χ0v) is 13.8. The van der Waals surface area contributed by atoms with Crippen LogP contribution in [0.15, 0.2) is 59.0 Å². The van der Waals surface area contributed by atoms with Crippen LogP contribution in [0.5, 0.6) is 0 Å². The van der Waals surface area contributed by atoms with Gasteiger partial charge in [-0.2, -0.15) is 0 Å². The third kappa shape index (κ3) is 5.05. The molecule has 27 heavy (non-hydrogen) atoms. The molecule has 1 aromatic heterocycles. The third-order valence-corrected chi connectivity index (χ3v) is 3.50. The molecule has 136 valence electrons. The number of nitrogens with one attached hydrogen (secondary N) is 1. The Hall–Kier alpha value is -3.88. The van der Waals surface area contributed by atoms with Crippen molar-refractivity contribution in [2.75, 3.05) is 5.32 Å². The quantitative estimate of drug-likeness (QED) is 0.406. The zero-order valence-electron chi connectivity index (χ0n) is 13.8. The maximum atomic E-state index is 12.9. The van der Waals surface area contributed by atoms with Gasteiger partial charge in [-0.05, 0) is 41.5 Å². The molecule has 0 saturated heterocycles. The lowest BCUT2D eigenvalue weighted by molar-refractivity contribution is -0.384. The molecule has 0 aliphatic heterocycles. The molecule has 2 aromatic carbocycles. The van der Waals surface area contributed by atoms with Crippen molar-refractivity contribution < 1.29 is 18.5 Å².